The Hall–Kier alpha value is -2.87. The second-order valence-electron chi connectivity index (χ2n) is 5.22. The van der Waals surface area contributed by atoms with Crippen LogP contribution in [0.3, 0.4) is 0 Å². The molecule has 7 nitrogen and oxygen atoms in total. The average Bonchev–Trinajstić information content (AvgIpc) is 2.59. The molecule has 0 aliphatic carbocycles. The van der Waals surface area contributed by atoms with Gasteiger partial charge in [-0.3, -0.25) is 19.7 Å². The Bertz CT molecular complexity index is 775. The Morgan fingerprint density at radius 1 is 1.12 bits per heavy atom. The maximum absolute atomic E-state index is 12.3. The molecular formula is C17H17N3O4S. The van der Waals surface area contributed by atoms with E-state index in [9.17, 15) is 19.7 Å². The fourth-order valence-corrected chi connectivity index (χ4v) is 2.83. The standard InChI is InChI=1S/C17H17N3O4S/c1-12(21)18-13-3-9-16(10-4-13)25-11-17(22)19(2)14-5-7-15(8-6-14)20(23)24/h3-10H,11H2,1-2H3,(H,18,21). The van der Waals surface area contributed by atoms with Crippen molar-refractivity contribution >= 4 is 40.6 Å². The summed E-state index contributed by atoms with van der Waals surface area (Å²) in [4.78, 5) is 35.8. The highest BCUT2D eigenvalue weighted by atomic mass is 32.2. The minimum Gasteiger partial charge on any atom is -0.326 e. The molecule has 25 heavy (non-hydrogen) atoms. The van der Waals surface area contributed by atoms with Gasteiger partial charge in [-0.2, -0.15) is 0 Å². The summed E-state index contributed by atoms with van der Waals surface area (Å²) in [6, 6.07) is 13.0. The fraction of sp³-hybridized carbons (Fsp3) is 0.176. The zero-order valence-electron chi connectivity index (χ0n) is 13.8. The quantitative estimate of drug-likeness (QED) is 0.485. The summed E-state index contributed by atoms with van der Waals surface area (Å²) in [5, 5.41) is 13.3. The molecule has 0 bridgehead atoms. The molecule has 2 aromatic rings. The number of nitro benzene ring substituents is 1. The van der Waals surface area contributed by atoms with Crippen molar-refractivity contribution in [3.63, 3.8) is 0 Å². The molecule has 0 radical (unpaired) electrons. The third kappa shape index (κ3) is 5.32. The Morgan fingerprint density at radius 3 is 2.24 bits per heavy atom. The number of carbonyl (C=O) groups excluding carboxylic acids is 2. The van der Waals surface area contributed by atoms with Crippen molar-refractivity contribution < 1.29 is 14.5 Å². The first-order chi connectivity index (χ1) is 11.9. The van der Waals surface area contributed by atoms with E-state index in [4.69, 9.17) is 0 Å². The molecule has 0 aromatic heterocycles. The molecular weight excluding hydrogens is 342 g/mol. The molecule has 0 saturated carbocycles. The third-order valence-corrected chi connectivity index (χ3v) is 4.36. The number of hydrogen-bond acceptors (Lipinski definition) is 5. The lowest BCUT2D eigenvalue weighted by Gasteiger charge is -2.17. The zero-order valence-corrected chi connectivity index (χ0v) is 14.6. The first kappa shape index (κ1) is 18.5. The van der Waals surface area contributed by atoms with Crippen LogP contribution in [0.25, 0.3) is 0 Å². The van der Waals surface area contributed by atoms with Gasteiger partial charge in [0, 0.05) is 42.4 Å². The molecule has 0 aliphatic heterocycles. The number of anilines is 2. The lowest BCUT2D eigenvalue weighted by Crippen LogP contribution is -2.27. The van der Waals surface area contributed by atoms with Crippen molar-refractivity contribution in [2.24, 2.45) is 0 Å². The summed E-state index contributed by atoms with van der Waals surface area (Å²) in [6.07, 6.45) is 0. The second-order valence-corrected chi connectivity index (χ2v) is 6.27. The second kappa shape index (κ2) is 8.29. The van der Waals surface area contributed by atoms with Gasteiger partial charge in [-0.05, 0) is 36.4 Å². The van der Waals surface area contributed by atoms with E-state index in [2.05, 4.69) is 5.32 Å². The molecule has 130 valence electrons. The van der Waals surface area contributed by atoms with Gasteiger partial charge in [0.05, 0.1) is 10.7 Å². The van der Waals surface area contributed by atoms with E-state index in [1.807, 2.05) is 12.1 Å². The highest BCUT2D eigenvalue weighted by molar-refractivity contribution is 8.00. The van der Waals surface area contributed by atoms with Crippen LogP contribution in [0.5, 0.6) is 0 Å². The highest BCUT2D eigenvalue weighted by Crippen LogP contribution is 2.23. The number of carbonyl (C=O) groups is 2. The molecule has 0 spiro atoms. The number of rotatable bonds is 6. The van der Waals surface area contributed by atoms with E-state index in [0.717, 1.165) is 4.90 Å². The molecule has 2 aromatic carbocycles. The summed E-state index contributed by atoms with van der Waals surface area (Å²) in [5.41, 5.74) is 1.28. The predicted molar refractivity (Wildman–Crippen MR) is 98.0 cm³/mol. The van der Waals surface area contributed by atoms with Gasteiger partial charge in [0.1, 0.15) is 0 Å². The van der Waals surface area contributed by atoms with Crippen molar-refractivity contribution in [2.45, 2.75) is 11.8 Å². The van der Waals surface area contributed by atoms with Gasteiger partial charge in [0.25, 0.3) is 5.69 Å². The molecule has 2 amide bonds. The predicted octanol–water partition coefficient (Wildman–Crippen LogP) is 3.31. The monoisotopic (exact) mass is 359 g/mol. The van der Waals surface area contributed by atoms with E-state index in [-0.39, 0.29) is 23.3 Å². The highest BCUT2D eigenvalue weighted by Gasteiger charge is 2.13. The van der Waals surface area contributed by atoms with Crippen LogP contribution in [0.2, 0.25) is 0 Å². The molecule has 0 atom stereocenters. The number of thioether (sulfide) groups is 1. The fourth-order valence-electron chi connectivity index (χ4n) is 2.02. The molecule has 0 unspecified atom stereocenters. The van der Waals surface area contributed by atoms with Crippen molar-refractivity contribution in [2.75, 3.05) is 23.0 Å². The van der Waals surface area contributed by atoms with Crippen molar-refractivity contribution in [1.82, 2.24) is 0 Å². The molecule has 1 N–H and O–H groups in total. The summed E-state index contributed by atoms with van der Waals surface area (Å²) in [7, 11) is 1.63. The molecule has 0 saturated heterocycles. The SMILES string of the molecule is CC(=O)Nc1ccc(SCC(=O)N(C)c2ccc([N+](=O)[O-])cc2)cc1. The number of nitrogens with one attached hydrogen (secondary N) is 1. The molecule has 0 fully saturated rings. The van der Waals surface area contributed by atoms with E-state index >= 15 is 0 Å². The number of hydrogen-bond donors (Lipinski definition) is 1. The Morgan fingerprint density at radius 2 is 1.72 bits per heavy atom. The molecule has 0 heterocycles. The van der Waals surface area contributed by atoms with E-state index in [1.165, 1.54) is 35.7 Å². The number of amides is 2. The van der Waals surface area contributed by atoms with E-state index < -0.39 is 4.92 Å². The smallest absolute Gasteiger partial charge is 0.269 e. The lowest BCUT2D eigenvalue weighted by molar-refractivity contribution is -0.384. The van der Waals surface area contributed by atoms with Crippen LogP contribution in [0, 0.1) is 10.1 Å². The number of nitro groups is 1. The number of benzene rings is 2. The Balaban J connectivity index is 1.92. The zero-order chi connectivity index (χ0) is 18.4. The topological polar surface area (TPSA) is 92.6 Å². The van der Waals surface area contributed by atoms with Crippen molar-refractivity contribution in [1.29, 1.82) is 0 Å². The molecule has 0 aliphatic rings. The Kier molecular flexibility index (Phi) is 6.13. The third-order valence-electron chi connectivity index (χ3n) is 3.36. The van der Waals surface area contributed by atoms with Gasteiger partial charge in [-0.1, -0.05) is 0 Å². The van der Waals surface area contributed by atoms with Gasteiger partial charge in [-0.25, -0.2) is 0 Å². The van der Waals surface area contributed by atoms with Crippen LogP contribution in [0.1, 0.15) is 6.92 Å². The van der Waals surface area contributed by atoms with Gasteiger partial charge >= 0.3 is 0 Å². The summed E-state index contributed by atoms with van der Waals surface area (Å²) >= 11 is 1.38. The van der Waals surface area contributed by atoms with Crippen LogP contribution >= 0.6 is 11.8 Å². The minimum absolute atomic E-state index is 0.0155. The first-order valence-corrected chi connectivity index (χ1v) is 8.37. The largest absolute Gasteiger partial charge is 0.326 e. The van der Waals surface area contributed by atoms with Crippen LogP contribution in [0.4, 0.5) is 17.1 Å². The normalized spacial score (nSPS) is 10.2. The van der Waals surface area contributed by atoms with Crippen LogP contribution in [-0.2, 0) is 9.59 Å². The summed E-state index contributed by atoms with van der Waals surface area (Å²) in [5.74, 6) is -0.0300. The van der Waals surface area contributed by atoms with Gasteiger partial charge in [-0.15, -0.1) is 11.8 Å². The van der Waals surface area contributed by atoms with Crippen LogP contribution in [0.15, 0.2) is 53.4 Å². The Labute approximate surface area is 149 Å². The van der Waals surface area contributed by atoms with E-state index in [0.29, 0.717) is 11.4 Å². The van der Waals surface area contributed by atoms with Gasteiger partial charge in [0.15, 0.2) is 0 Å². The average molecular weight is 359 g/mol. The first-order valence-electron chi connectivity index (χ1n) is 7.38. The summed E-state index contributed by atoms with van der Waals surface area (Å²) in [6.45, 7) is 1.44. The molecule has 2 rings (SSSR count). The maximum Gasteiger partial charge on any atom is 0.269 e. The number of nitrogens with zero attached hydrogens (tertiary/aromatic N) is 2. The van der Waals surface area contributed by atoms with Crippen molar-refractivity contribution in [3.05, 3.63) is 58.6 Å². The van der Waals surface area contributed by atoms with Gasteiger partial charge < -0.3 is 10.2 Å². The van der Waals surface area contributed by atoms with Crippen LogP contribution < -0.4 is 10.2 Å². The maximum atomic E-state index is 12.3. The minimum atomic E-state index is -0.480. The number of non-ortho nitro benzene ring substituents is 1. The van der Waals surface area contributed by atoms with E-state index in [1.54, 1.807) is 31.3 Å². The van der Waals surface area contributed by atoms with Gasteiger partial charge in [0.2, 0.25) is 11.8 Å². The van der Waals surface area contributed by atoms with Crippen LogP contribution in [-0.4, -0.2) is 29.5 Å². The van der Waals surface area contributed by atoms with Crippen molar-refractivity contribution in [3.8, 4) is 0 Å². The molecule has 8 heteroatoms. The lowest BCUT2D eigenvalue weighted by atomic mass is 10.2. The summed E-state index contributed by atoms with van der Waals surface area (Å²) < 4.78 is 0.